The molecule has 11 atom stereocenters. The lowest BCUT2D eigenvalue weighted by atomic mass is 9.40. The van der Waals surface area contributed by atoms with Crippen LogP contribution in [-0.2, 0) is 28.6 Å². The summed E-state index contributed by atoms with van der Waals surface area (Å²) in [5.74, 6) is -0.206. The Morgan fingerprint density at radius 3 is 2.15 bits per heavy atom. The second kappa shape index (κ2) is 13.3. The smallest absolute Gasteiger partial charge is 0.309 e. The predicted molar refractivity (Wildman–Crippen MR) is 182 cm³/mol. The fourth-order valence-electron chi connectivity index (χ4n) is 11.2. The molecular weight excluding hydrogens is 612 g/mol. The molecule has 9 heteroatoms. The van der Waals surface area contributed by atoms with Crippen molar-refractivity contribution in [2.24, 2.45) is 45.3 Å². The maximum absolute atomic E-state index is 13.4. The highest BCUT2D eigenvalue weighted by molar-refractivity contribution is 5.75. The van der Waals surface area contributed by atoms with E-state index in [0.717, 1.165) is 38.5 Å². The molecule has 0 saturated heterocycles. The van der Waals surface area contributed by atoms with Gasteiger partial charge in [-0.1, -0.05) is 53.2 Å². The molecule has 0 aromatic heterocycles. The number of carbonyl (C=O) groups excluding carboxylic acids is 3. The summed E-state index contributed by atoms with van der Waals surface area (Å²) >= 11 is 0. The highest BCUT2D eigenvalue weighted by atomic mass is 16.6. The molecule has 0 aromatic rings. The molecule has 0 radical (unpaired) electrons. The van der Waals surface area contributed by atoms with Crippen molar-refractivity contribution in [2.75, 3.05) is 7.11 Å². The van der Waals surface area contributed by atoms with Crippen LogP contribution in [0, 0.1) is 45.3 Å². The Bertz CT molecular complexity index is 1260. The van der Waals surface area contributed by atoms with Gasteiger partial charge in [-0.2, -0.15) is 0 Å². The van der Waals surface area contributed by atoms with E-state index in [0.29, 0.717) is 30.6 Å². The number of hydrogen-bond donors (Lipinski definition) is 3. The first-order chi connectivity index (χ1) is 21.9. The van der Waals surface area contributed by atoms with E-state index in [1.807, 2.05) is 0 Å². The number of rotatable bonds is 11. The minimum atomic E-state index is -1.64. The van der Waals surface area contributed by atoms with Crippen LogP contribution >= 0.6 is 0 Å². The van der Waals surface area contributed by atoms with Gasteiger partial charge < -0.3 is 29.5 Å². The Kier molecular flexibility index (Phi) is 10.8. The summed E-state index contributed by atoms with van der Waals surface area (Å²) in [6.45, 7) is 20.0. The molecule has 4 aliphatic rings. The zero-order chi connectivity index (χ0) is 36.3. The second-order valence-electron chi connectivity index (χ2n) is 18.2. The molecule has 9 nitrogen and oxygen atoms in total. The topological polar surface area (TPSA) is 140 Å². The highest BCUT2D eigenvalue weighted by Gasteiger charge is 2.67. The van der Waals surface area contributed by atoms with Crippen LogP contribution in [0.25, 0.3) is 0 Å². The summed E-state index contributed by atoms with van der Waals surface area (Å²) in [6, 6.07) is 0. The van der Waals surface area contributed by atoms with E-state index in [1.165, 1.54) is 26.5 Å². The normalized spacial score (nSPS) is 38.2. The molecule has 3 fully saturated rings. The van der Waals surface area contributed by atoms with Gasteiger partial charge in [0.15, 0.2) is 0 Å². The lowest BCUT2D eigenvalue weighted by Crippen LogP contribution is -2.63. The standard InChI is InChI=1S/C39H64O9/c1-23(12-15-30(41)35(5,6)44)25-16-18-39(10)27-13-14-29-34(3,4)33(47-24(2)40)28(20-37(29,8)26(27)17-19-38(25,39)9)48-32(43)22-36(7,45)21-31(42)46-11/h17,23,25,27-30,33,41,44-45H,12-16,18-22H2,1-11H3. The molecule has 274 valence electrons. The first-order valence-electron chi connectivity index (χ1n) is 18.2. The van der Waals surface area contributed by atoms with E-state index < -0.39 is 52.8 Å². The molecule has 3 N–H and O–H groups in total. The number of aliphatic hydroxyl groups excluding tert-OH is 1. The van der Waals surface area contributed by atoms with Gasteiger partial charge >= 0.3 is 17.9 Å². The maximum Gasteiger partial charge on any atom is 0.309 e. The third kappa shape index (κ3) is 6.99. The van der Waals surface area contributed by atoms with Gasteiger partial charge in [0.05, 0.1) is 37.3 Å². The van der Waals surface area contributed by atoms with Gasteiger partial charge in [0.2, 0.25) is 0 Å². The summed E-state index contributed by atoms with van der Waals surface area (Å²) < 4.78 is 16.8. The van der Waals surface area contributed by atoms with Crippen molar-refractivity contribution < 1.29 is 43.9 Å². The van der Waals surface area contributed by atoms with Crippen LogP contribution in [0.2, 0.25) is 0 Å². The lowest BCUT2D eigenvalue weighted by Gasteiger charge is -2.65. The SMILES string of the molecule is COC(=O)CC(C)(O)CC(=O)OC1CC2(C)C3=CCC4(C)C(C(C)CCC(O)C(C)(C)O)CCC4(C)C3CCC2C(C)(C)C1OC(C)=O. The van der Waals surface area contributed by atoms with Gasteiger partial charge in [0.1, 0.15) is 12.2 Å². The molecule has 4 aliphatic carbocycles. The Labute approximate surface area is 288 Å². The zero-order valence-corrected chi connectivity index (χ0v) is 31.5. The van der Waals surface area contributed by atoms with Gasteiger partial charge in [-0.05, 0) is 112 Å². The maximum atomic E-state index is 13.4. The van der Waals surface area contributed by atoms with Gasteiger partial charge in [-0.25, -0.2) is 0 Å². The Morgan fingerprint density at radius 2 is 1.56 bits per heavy atom. The fraction of sp³-hybridized carbons (Fsp3) is 0.872. The third-order valence-electron chi connectivity index (χ3n) is 14.0. The number of fused-ring (bicyclic) bond motifs is 5. The van der Waals surface area contributed by atoms with Crippen molar-refractivity contribution in [3.8, 4) is 0 Å². The molecule has 0 aromatic carbocycles. The van der Waals surface area contributed by atoms with Crippen molar-refractivity contribution in [3.63, 3.8) is 0 Å². The Morgan fingerprint density at radius 1 is 0.938 bits per heavy atom. The van der Waals surface area contributed by atoms with E-state index in [1.54, 1.807) is 13.8 Å². The van der Waals surface area contributed by atoms with Crippen LogP contribution in [0.5, 0.6) is 0 Å². The average molecular weight is 677 g/mol. The van der Waals surface area contributed by atoms with Crippen molar-refractivity contribution in [1.29, 1.82) is 0 Å². The number of aliphatic hydroxyl groups is 3. The Balaban J connectivity index is 1.63. The molecule has 0 heterocycles. The highest BCUT2D eigenvalue weighted by Crippen LogP contribution is 2.73. The summed E-state index contributed by atoms with van der Waals surface area (Å²) in [5, 5.41) is 31.7. The number of methoxy groups -OCH3 is 1. The van der Waals surface area contributed by atoms with Crippen LogP contribution in [-0.4, -0.2) is 69.9 Å². The first-order valence-corrected chi connectivity index (χ1v) is 18.2. The molecular formula is C39H64O9. The minimum Gasteiger partial charge on any atom is -0.469 e. The van der Waals surface area contributed by atoms with Crippen LogP contribution in [0.4, 0.5) is 0 Å². The largest absolute Gasteiger partial charge is 0.469 e. The molecule has 48 heavy (non-hydrogen) atoms. The van der Waals surface area contributed by atoms with Crippen molar-refractivity contribution in [2.45, 2.75) is 163 Å². The van der Waals surface area contributed by atoms with Crippen LogP contribution in [0.15, 0.2) is 11.6 Å². The fourth-order valence-corrected chi connectivity index (χ4v) is 11.2. The Hall–Kier alpha value is -1.97. The van der Waals surface area contributed by atoms with Crippen molar-refractivity contribution in [3.05, 3.63) is 11.6 Å². The number of esters is 3. The molecule has 0 bridgehead atoms. The first kappa shape index (κ1) is 38.8. The van der Waals surface area contributed by atoms with Crippen LogP contribution < -0.4 is 0 Å². The van der Waals surface area contributed by atoms with E-state index in [2.05, 4.69) is 47.6 Å². The minimum absolute atomic E-state index is 0.0779. The summed E-state index contributed by atoms with van der Waals surface area (Å²) in [7, 11) is 1.24. The summed E-state index contributed by atoms with van der Waals surface area (Å²) in [6.07, 6.45) is 6.84. The molecule has 11 unspecified atom stereocenters. The second-order valence-corrected chi connectivity index (χ2v) is 18.2. The van der Waals surface area contributed by atoms with Gasteiger partial charge in [0, 0.05) is 12.3 Å². The number of ether oxygens (including phenoxy) is 3. The van der Waals surface area contributed by atoms with Crippen LogP contribution in [0.3, 0.4) is 0 Å². The molecule has 0 aliphatic heterocycles. The van der Waals surface area contributed by atoms with Crippen molar-refractivity contribution >= 4 is 17.9 Å². The third-order valence-corrected chi connectivity index (χ3v) is 14.0. The monoisotopic (exact) mass is 676 g/mol. The summed E-state index contributed by atoms with van der Waals surface area (Å²) in [5.41, 5.74) is -1.94. The van der Waals surface area contributed by atoms with Gasteiger partial charge in [-0.15, -0.1) is 0 Å². The van der Waals surface area contributed by atoms with E-state index >= 15 is 0 Å². The lowest BCUT2D eigenvalue weighted by molar-refractivity contribution is -0.211. The summed E-state index contributed by atoms with van der Waals surface area (Å²) in [4.78, 5) is 37.6. The average Bonchev–Trinajstić information content (AvgIpc) is 3.23. The molecule has 0 amide bonds. The van der Waals surface area contributed by atoms with Gasteiger partial charge in [-0.3, -0.25) is 14.4 Å². The van der Waals surface area contributed by atoms with E-state index in [9.17, 15) is 29.7 Å². The predicted octanol–water partition coefficient (Wildman–Crippen LogP) is 6.30. The van der Waals surface area contributed by atoms with E-state index in [4.69, 9.17) is 14.2 Å². The number of hydrogen-bond acceptors (Lipinski definition) is 9. The zero-order valence-electron chi connectivity index (χ0n) is 31.5. The molecule has 3 saturated carbocycles. The number of carbonyl (C=O) groups is 3. The van der Waals surface area contributed by atoms with Crippen molar-refractivity contribution in [1.82, 2.24) is 0 Å². The molecule has 0 spiro atoms. The van der Waals surface area contributed by atoms with Crippen LogP contribution in [0.1, 0.15) is 133 Å². The molecule has 4 rings (SSSR count). The quantitative estimate of drug-likeness (QED) is 0.131. The van der Waals surface area contributed by atoms with Gasteiger partial charge in [0.25, 0.3) is 0 Å². The number of allylic oxidation sites excluding steroid dienone is 2. The van der Waals surface area contributed by atoms with E-state index in [-0.39, 0.29) is 35.0 Å².